The molecule has 0 aliphatic carbocycles. The van der Waals surface area contributed by atoms with Crippen molar-refractivity contribution >= 4 is 40.1 Å². The normalized spacial score (nSPS) is 23.1. The molecule has 1 saturated heterocycles. The highest BCUT2D eigenvalue weighted by molar-refractivity contribution is 14.1. The average Bonchev–Trinajstić information content (AvgIpc) is 2.77. The van der Waals surface area contributed by atoms with Crippen LogP contribution in [-0.4, -0.2) is 48.2 Å². The Bertz CT molecular complexity index is 469. The van der Waals surface area contributed by atoms with Gasteiger partial charge in [0.05, 0.1) is 17.7 Å². The zero-order valence-corrected chi connectivity index (χ0v) is 12.8. The molecule has 0 aromatic heterocycles. The van der Waals surface area contributed by atoms with Crippen molar-refractivity contribution in [2.75, 3.05) is 20.1 Å². The molecule has 0 saturated carbocycles. The van der Waals surface area contributed by atoms with Gasteiger partial charge in [0.25, 0.3) is 5.91 Å². The first kappa shape index (κ1) is 14.0. The van der Waals surface area contributed by atoms with Crippen molar-refractivity contribution in [2.24, 2.45) is 0 Å². The molecule has 1 amide bonds. The second-order valence-corrected chi connectivity index (χ2v) is 5.93. The molecule has 18 heavy (non-hydrogen) atoms. The number of likely N-dealkylation sites (N-methyl/N-ethyl adjacent to an activating group) is 1. The number of halogens is 2. The second-order valence-electron chi connectivity index (χ2n) is 4.33. The predicted molar refractivity (Wildman–Crippen MR) is 78.9 cm³/mol. The molecule has 1 fully saturated rings. The SMILES string of the molecule is CN(C(=O)c1cc(Cl)ccc1I)[C@H]1CNC[C@@H]1O. The standard InChI is InChI=1S/C12H14ClIN2O2/c1-16(10-5-15-6-11(10)17)12(18)8-4-7(13)2-3-9(8)14/h2-4,10-11,15,17H,5-6H2,1H3/t10-,11-/m0/s1. The number of amides is 1. The Morgan fingerprint density at radius 1 is 1.56 bits per heavy atom. The number of rotatable bonds is 2. The topological polar surface area (TPSA) is 52.6 Å². The van der Waals surface area contributed by atoms with E-state index in [1.807, 2.05) is 6.07 Å². The van der Waals surface area contributed by atoms with Crippen LogP contribution in [0.25, 0.3) is 0 Å². The molecule has 6 heteroatoms. The van der Waals surface area contributed by atoms with E-state index in [-0.39, 0.29) is 11.9 Å². The van der Waals surface area contributed by atoms with Gasteiger partial charge in [0.2, 0.25) is 0 Å². The van der Waals surface area contributed by atoms with Gasteiger partial charge in [0.1, 0.15) is 0 Å². The molecular weight excluding hydrogens is 367 g/mol. The minimum Gasteiger partial charge on any atom is -0.390 e. The van der Waals surface area contributed by atoms with Gasteiger partial charge in [-0.3, -0.25) is 4.79 Å². The molecule has 0 spiro atoms. The summed E-state index contributed by atoms with van der Waals surface area (Å²) in [6.07, 6.45) is -0.518. The van der Waals surface area contributed by atoms with Crippen LogP contribution in [0, 0.1) is 3.57 Å². The number of aliphatic hydroxyl groups is 1. The zero-order chi connectivity index (χ0) is 13.3. The molecule has 1 aliphatic heterocycles. The van der Waals surface area contributed by atoms with Crippen LogP contribution in [0.15, 0.2) is 18.2 Å². The number of aliphatic hydroxyl groups excluding tert-OH is 1. The van der Waals surface area contributed by atoms with E-state index in [0.29, 0.717) is 23.7 Å². The van der Waals surface area contributed by atoms with E-state index in [1.165, 1.54) is 0 Å². The maximum atomic E-state index is 12.4. The number of β-amino-alcohol motifs (C(OH)–C–C–N with tert-alkyl or cyclic N) is 1. The van der Waals surface area contributed by atoms with Crippen LogP contribution in [0.2, 0.25) is 5.02 Å². The fourth-order valence-corrected chi connectivity index (χ4v) is 2.79. The van der Waals surface area contributed by atoms with Gasteiger partial charge in [-0.2, -0.15) is 0 Å². The third-order valence-corrected chi connectivity index (χ3v) is 4.30. The Morgan fingerprint density at radius 2 is 2.28 bits per heavy atom. The van der Waals surface area contributed by atoms with Gasteiger partial charge in [-0.1, -0.05) is 11.6 Å². The lowest BCUT2D eigenvalue weighted by Gasteiger charge is -2.26. The quantitative estimate of drug-likeness (QED) is 0.762. The van der Waals surface area contributed by atoms with Crippen LogP contribution >= 0.6 is 34.2 Å². The van der Waals surface area contributed by atoms with Gasteiger partial charge in [-0.05, 0) is 40.8 Å². The fourth-order valence-electron chi connectivity index (χ4n) is 2.05. The number of carbonyl (C=O) groups is 1. The number of hydrogen-bond donors (Lipinski definition) is 2. The summed E-state index contributed by atoms with van der Waals surface area (Å²) in [4.78, 5) is 14.0. The van der Waals surface area contributed by atoms with Crippen LogP contribution < -0.4 is 5.32 Å². The summed E-state index contributed by atoms with van der Waals surface area (Å²) < 4.78 is 0.856. The summed E-state index contributed by atoms with van der Waals surface area (Å²) in [5, 5.41) is 13.4. The van der Waals surface area contributed by atoms with E-state index in [9.17, 15) is 9.90 Å². The van der Waals surface area contributed by atoms with Gasteiger partial charge in [-0.25, -0.2) is 0 Å². The molecule has 4 nitrogen and oxygen atoms in total. The summed E-state index contributed by atoms with van der Waals surface area (Å²) in [6.45, 7) is 1.13. The van der Waals surface area contributed by atoms with E-state index in [1.54, 1.807) is 24.1 Å². The van der Waals surface area contributed by atoms with Gasteiger partial charge in [-0.15, -0.1) is 0 Å². The number of benzene rings is 1. The highest BCUT2D eigenvalue weighted by Crippen LogP contribution is 2.21. The largest absolute Gasteiger partial charge is 0.390 e. The monoisotopic (exact) mass is 380 g/mol. The highest BCUT2D eigenvalue weighted by atomic mass is 127. The molecule has 0 unspecified atom stereocenters. The molecule has 0 bridgehead atoms. The van der Waals surface area contributed by atoms with Crippen LogP contribution in [-0.2, 0) is 0 Å². The average molecular weight is 381 g/mol. The zero-order valence-electron chi connectivity index (χ0n) is 9.86. The first-order valence-electron chi connectivity index (χ1n) is 5.61. The molecular formula is C12H14ClIN2O2. The maximum Gasteiger partial charge on any atom is 0.255 e. The molecule has 2 rings (SSSR count). The van der Waals surface area contributed by atoms with Crippen LogP contribution in [0.4, 0.5) is 0 Å². The molecule has 98 valence electrons. The number of nitrogens with zero attached hydrogens (tertiary/aromatic N) is 1. The van der Waals surface area contributed by atoms with E-state index in [4.69, 9.17) is 11.6 Å². The molecule has 2 atom stereocenters. The number of hydrogen-bond acceptors (Lipinski definition) is 3. The summed E-state index contributed by atoms with van der Waals surface area (Å²) in [7, 11) is 1.71. The third kappa shape index (κ3) is 2.79. The van der Waals surface area contributed by atoms with Gasteiger partial charge in [0.15, 0.2) is 0 Å². The Morgan fingerprint density at radius 3 is 2.89 bits per heavy atom. The summed E-state index contributed by atoms with van der Waals surface area (Å²) >= 11 is 8.03. The van der Waals surface area contributed by atoms with E-state index in [2.05, 4.69) is 27.9 Å². The number of carbonyl (C=O) groups excluding carboxylic acids is 1. The Balaban J connectivity index is 2.22. The smallest absolute Gasteiger partial charge is 0.255 e. The lowest BCUT2D eigenvalue weighted by molar-refractivity contribution is 0.0580. The van der Waals surface area contributed by atoms with Crippen molar-refractivity contribution in [3.05, 3.63) is 32.4 Å². The second kappa shape index (κ2) is 5.73. The van der Waals surface area contributed by atoms with Crippen LogP contribution in [0.3, 0.4) is 0 Å². The minimum atomic E-state index is -0.518. The molecule has 1 aromatic rings. The van der Waals surface area contributed by atoms with Crippen molar-refractivity contribution < 1.29 is 9.90 Å². The summed E-state index contributed by atoms with van der Waals surface area (Å²) in [5.41, 5.74) is 0.574. The molecule has 1 aromatic carbocycles. The third-order valence-electron chi connectivity index (χ3n) is 3.13. The lowest BCUT2D eigenvalue weighted by atomic mass is 10.1. The Hall–Kier alpha value is -0.370. The molecule has 2 N–H and O–H groups in total. The van der Waals surface area contributed by atoms with E-state index in [0.717, 1.165) is 3.57 Å². The van der Waals surface area contributed by atoms with Crippen molar-refractivity contribution in [1.82, 2.24) is 10.2 Å². The molecule has 0 radical (unpaired) electrons. The Labute approximate surface area is 124 Å². The first-order chi connectivity index (χ1) is 8.50. The van der Waals surface area contributed by atoms with Crippen molar-refractivity contribution in [1.29, 1.82) is 0 Å². The van der Waals surface area contributed by atoms with Gasteiger partial charge in [0, 0.05) is 28.7 Å². The van der Waals surface area contributed by atoms with Crippen LogP contribution in [0.5, 0.6) is 0 Å². The Kier molecular flexibility index (Phi) is 4.47. The summed E-state index contributed by atoms with van der Waals surface area (Å²) in [5.74, 6) is -0.116. The van der Waals surface area contributed by atoms with Crippen molar-refractivity contribution in [3.63, 3.8) is 0 Å². The first-order valence-corrected chi connectivity index (χ1v) is 7.07. The van der Waals surface area contributed by atoms with E-state index >= 15 is 0 Å². The summed E-state index contributed by atoms with van der Waals surface area (Å²) in [6, 6.07) is 5.04. The van der Waals surface area contributed by atoms with Crippen molar-refractivity contribution in [2.45, 2.75) is 12.1 Å². The van der Waals surface area contributed by atoms with Crippen molar-refractivity contribution in [3.8, 4) is 0 Å². The lowest BCUT2D eigenvalue weighted by Crippen LogP contribution is -2.44. The minimum absolute atomic E-state index is 0.116. The molecule has 1 aliphatic rings. The maximum absolute atomic E-state index is 12.4. The van der Waals surface area contributed by atoms with E-state index < -0.39 is 6.10 Å². The highest BCUT2D eigenvalue weighted by Gasteiger charge is 2.32. The predicted octanol–water partition coefficient (Wildman–Crippen LogP) is 1.35. The van der Waals surface area contributed by atoms with Gasteiger partial charge < -0.3 is 15.3 Å². The number of nitrogens with one attached hydrogen (secondary N) is 1. The van der Waals surface area contributed by atoms with Gasteiger partial charge >= 0.3 is 0 Å². The van der Waals surface area contributed by atoms with Crippen LogP contribution in [0.1, 0.15) is 10.4 Å². The fraction of sp³-hybridized carbons (Fsp3) is 0.417. The molecule has 1 heterocycles.